The van der Waals surface area contributed by atoms with Gasteiger partial charge in [0.1, 0.15) is 35.4 Å². The molecule has 0 saturated carbocycles. The fourth-order valence-electron chi connectivity index (χ4n) is 10.0. The first-order valence-corrected chi connectivity index (χ1v) is 23.3. The summed E-state index contributed by atoms with van der Waals surface area (Å²) in [6.07, 6.45) is 5.37. The summed E-state index contributed by atoms with van der Waals surface area (Å²) in [5.41, 5.74) is 9.85. The van der Waals surface area contributed by atoms with Gasteiger partial charge in [-0.2, -0.15) is 5.10 Å². The molecule has 10 rings (SSSR count). The molecular weight excluding hydrogens is 851 g/mol. The summed E-state index contributed by atoms with van der Waals surface area (Å²) in [5, 5.41) is 8.01. The number of hydrogen-bond donors (Lipinski definition) is 2. The van der Waals surface area contributed by atoms with Gasteiger partial charge < -0.3 is 20.3 Å². The van der Waals surface area contributed by atoms with Gasteiger partial charge in [0.25, 0.3) is 11.8 Å². The van der Waals surface area contributed by atoms with Crippen molar-refractivity contribution in [2.75, 3.05) is 77.7 Å². The molecule has 7 heterocycles. The van der Waals surface area contributed by atoms with Crippen LogP contribution in [0, 0.1) is 17.8 Å². The van der Waals surface area contributed by atoms with Crippen LogP contribution in [-0.4, -0.2) is 152 Å². The largest absolute Gasteiger partial charge is 0.457 e. The van der Waals surface area contributed by atoms with E-state index in [0.29, 0.717) is 49.1 Å². The van der Waals surface area contributed by atoms with Crippen LogP contribution >= 0.6 is 0 Å². The third kappa shape index (κ3) is 9.37. The van der Waals surface area contributed by atoms with E-state index in [2.05, 4.69) is 41.8 Å². The SMILES string of the molecule is Nc1ncnc2c1c(-c1ccc(Oc3ccccc3)cc1)nn2C1CCN(C(=O)CN2CCC(CN3CCN(CC#Cc4ccc5c(c4)C(=O)N(C4CCC(=O)NC4=O)C5=O)CC3)CC2)CC1. The summed E-state index contributed by atoms with van der Waals surface area (Å²) in [7, 11) is 0. The summed E-state index contributed by atoms with van der Waals surface area (Å²) in [4.78, 5) is 82.9. The van der Waals surface area contributed by atoms with E-state index in [4.69, 9.17) is 15.6 Å². The molecule has 1 unspecified atom stereocenters. The highest BCUT2D eigenvalue weighted by atomic mass is 16.5. The van der Waals surface area contributed by atoms with Crippen LogP contribution in [-0.2, 0) is 14.4 Å². The molecule has 0 spiro atoms. The van der Waals surface area contributed by atoms with Gasteiger partial charge in [-0.15, -0.1) is 0 Å². The number of nitrogens with one attached hydrogen (secondary N) is 1. The second-order valence-electron chi connectivity index (χ2n) is 18.1. The number of nitrogens with two attached hydrogens (primary N) is 1. The Morgan fingerprint density at radius 2 is 1.48 bits per heavy atom. The van der Waals surface area contributed by atoms with E-state index in [0.717, 1.165) is 105 Å². The van der Waals surface area contributed by atoms with Gasteiger partial charge in [-0.05, 0) is 106 Å². The maximum atomic E-state index is 13.6. The number of para-hydroxylation sites is 1. The van der Waals surface area contributed by atoms with Crippen molar-refractivity contribution in [3.63, 3.8) is 0 Å². The summed E-state index contributed by atoms with van der Waals surface area (Å²) in [5.74, 6) is 6.95. The van der Waals surface area contributed by atoms with Crippen molar-refractivity contribution in [1.82, 2.24) is 49.6 Å². The third-order valence-corrected chi connectivity index (χ3v) is 13.8. The standard InChI is InChI=1S/C50H53N11O6/c51-46-44-45(35-9-11-38(12-10-35)67-37-6-2-1-3-7-37)55-61(47(44)53-32-52-46)36-18-23-59(24-19-36)43(63)31-57-21-16-34(17-22-57)30-58-27-25-56(26-28-58)20-4-5-33-8-13-39-40(29-33)50(66)60(49(39)65)41-14-15-42(62)54-48(41)64/h1-3,6-13,29,32,34,36,41H,14-28,30-31H2,(H2,51,52,53)(H,54,62,64). The zero-order valence-electron chi connectivity index (χ0n) is 37.3. The maximum absolute atomic E-state index is 13.6. The Hall–Kier alpha value is -7.00. The van der Waals surface area contributed by atoms with Crippen molar-refractivity contribution >= 4 is 46.4 Å². The van der Waals surface area contributed by atoms with E-state index >= 15 is 0 Å². The first-order chi connectivity index (χ1) is 32.6. The number of amides is 5. The predicted octanol–water partition coefficient (Wildman–Crippen LogP) is 3.81. The number of carbonyl (C=O) groups excluding carboxylic acids is 5. The van der Waals surface area contributed by atoms with Crippen LogP contribution in [0.25, 0.3) is 22.3 Å². The Morgan fingerprint density at radius 3 is 2.22 bits per heavy atom. The van der Waals surface area contributed by atoms with E-state index < -0.39 is 29.7 Å². The van der Waals surface area contributed by atoms with Crippen LogP contribution in [0.5, 0.6) is 11.5 Å². The molecular formula is C50H53N11O6. The van der Waals surface area contributed by atoms with Crippen molar-refractivity contribution in [2.45, 2.75) is 50.6 Å². The molecule has 2 aromatic heterocycles. The zero-order valence-corrected chi connectivity index (χ0v) is 37.3. The number of likely N-dealkylation sites (tertiary alicyclic amines) is 2. The van der Waals surface area contributed by atoms with Crippen molar-refractivity contribution in [3.8, 4) is 34.6 Å². The molecule has 0 radical (unpaired) electrons. The summed E-state index contributed by atoms with van der Waals surface area (Å²) >= 11 is 0. The van der Waals surface area contributed by atoms with E-state index in [1.54, 1.807) is 18.2 Å². The van der Waals surface area contributed by atoms with Gasteiger partial charge in [0.05, 0.1) is 35.6 Å². The number of piperidine rings is 3. The van der Waals surface area contributed by atoms with Gasteiger partial charge in [0, 0.05) is 63.4 Å². The quantitative estimate of drug-likeness (QED) is 0.152. The predicted molar refractivity (Wildman–Crippen MR) is 249 cm³/mol. The maximum Gasteiger partial charge on any atom is 0.262 e. The highest BCUT2D eigenvalue weighted by molar-refractivity contribution is 6.23. The summed E-state index contributed by atoms with van der Waals surface area (Å²) < 4.78 is 7.98. The van der Waals surface area contributed by atoms with Crippen LogP contribution in [0.4, 0.5) is 5.82 Å². The van der Waals surface area contributed by atoms with Gasteiger partial charge in [-0.3, -0.25) is 44.0 Å². The van der Waals surface area contributed by atoms with Crippen molar-refractivity contribution < 1.29 is 28.7 Å². The Balaban J connectivity index is 0.652. The molecule has 3 N–H and O–H groups in total. The molecule has 17 nitrogen and oxygen atoms in total. The number of carbonyl (C=O) groups is 5. The first kappa shape index (κ1) is 43.9. The zero-order chi connectivity index (χ0) is 46.0. The lowest BCUT2D eigenvalue weighted by molar-refractivity contribution is -0.136. The number of piperazine rings is 1. The van der Waals surface area contributed by atoms with Gasteiger partial charge in [-0.25, -0.2) is 14.6 Å². The Morgan fingerprint density at radius 1 is 0.761 bits per heavy atom. The van der Waals surface area contributed by atoms with Crippen LogP contribution in [0.1, 0.15) is 70.8 Å². The highest BCUT2D eigenvalue weighted by Crippen LogP contribution is 2.36. The van der Waals surface area contributed by atoms with Crippen molar-refractivity contribution in [2.24, 2.45) is 5.92 Å². The molecule has 17 heteroatoms. The lowest BCUT2D eigenvalue weighted by atomic mass is 9.95. The van der Waals surface area contributed by atoms with Crippen LogP contribution in [0.15, 0.2) is 79.1 Å². The van der Waals surface area contributed by atoms with Crippen LogP contribution in [0.3, 0.4) is 0 Å². The topological polar surface area (TPSA) is 192 Å². The number of hydrogen-bond acceptors (Lipinski definition) is 13. The Bertz CT molecular complexity index is 2760. The van der Waals surface area contributed by atoms with Crippen molar-refractivity contribution in [1.29, 1.82) is 0 Å². The smallest absolute Gasteiger partial charge is 0.262 e. The van der Waals surface area contributed by atoms with Gasteiger partial charge in [0.15, 0.2) is 5.65 Å². The van der Waals surface area contributed by atoms with Crippen molar-refractivity contribution in [3.05, 3.63) is 95.8 Å². The molecule has 0 bridgehead atoms. The van der Waals surface area contributed by atoms with Crippen LogP contribution in [0.2, 0.25) is 0 Å². The minimum atomic E-state index is -0.994. The minimum absolute atomic E-state index is 0.0707. The van der Waals surface area contributed by atoms with E-state index in [1.165, 1.54) is 6.33 Å². The lowest BCUT2D eigenvalue weighted by Gasteiger charge is -2.39. The number of fused-ring (bicyclic) bond motifs is 2. The normalized spacial score (nSPS) is 20.2. The second kappa shape index (κ2) is 19.1. The Labute approximate surface area is 388 Å². The van der Waals surface area contributed by atoms with Gasteiger partial charge in [-0.1, -0.05) is 30.0 Å². The lowest BCUT2D eigenvalue weighted by Crippen LogP contribution is -2.54. The minimum Gasteiger partial charge on any atom is -0.457 e. The third-order valence-electron chi connectivity index (χ3n) is 13.8. The fraction of sp³-hybridized carbons (Fsp3) is 0.400. The number of nitrogen functional groups attached to an aromatic ring is 1. The molecule has 5 aliphatic rings. The molecule has 4 saturated heterocycles. The van der Waals surface area contributed by atoms with E-state index in [1.807, 2.05) is 64.2 Å². The fourth-order valence-corrected chi connectivity index (χ4v) is 10.0. The molecule has 1 atom stereocenters. The molecule has 0 aliphatic carbocycles. The van der Waals surface area contributed by atoms with E-state index in [9.17, 15) is 24.0 Å². The van der Waals surface area contributed by atoms with Gasteiger partial charge >= 0.3 is 0 Å². The molecule has 3 aromatic carbocycles. The average molecular weight is 904 g/mol. The average Bonchev–Trinajstić information content (AvgIpc) is 3.85. The first-order valence-electron chi connectivity index (χ1n) is 23.3. The molecule has 5 amide bonds. The second-order valence-corrected chi connectivity index (χ2v) is 18.1. The monoisotopic (exact) mass is 903 g/mol. The summed E-state index contributed by atoms with van der Waals surface area (Å²) in [6.45, 7) is 9.01. The molecule has 5 aliphatic heterocycles. The number of aromatic nitrogens is 4. The Kier molecular flexibility index (Phi) is 12.5. The summed E-state index contributed by atoms with van der Waals surface area (Å²) in [6, 6.07) is 21.5. The molecule has 344 valence electrons. The molecule has 4 fully saturated rings. The molecule has 67 heavy (non-hydrogen) atoms. The number of rotatable bonds is 10. The number of imide groups is 2. The molecule has 5 aromatic rings. The highest BCUT2D eigenvalue weighted by Gasteiger charge is 2.44. The number of benzene rings is 3. The van der Waals surface area contributed by atoms with Gasteiger partial charge in [0.2, 0.25) is 17.7 Å². The van der Waals surface area contributed by atoms with E-state index in [-0.39, 0.29) is 35.9 Å². The number of ether oxygens (including phenoxy) is 1. The van der Waals surface area contributed by atoms with Crippen LogP contribution < -0.4 is 15.8 Å². The number of anilines is 1. The number of nitrogens with zero attached hydrogens (tertiary/aromatic N) is 9.